The zero-order chi connectivity index (χ0) is 24.8. The van der Waals surface area contributed by atoms with Gasteiger partial charge in [0.05, 0.1) is 17.8 Å². The Balaban J connectivity index is 1.97. The van der Waals surface area contributed by atoms with Crippen molar-refractivity contribution in [3.8, 4) is 11.1 Å². The lowest BCUT2D eigenvalue weighted by Gasteiger charge is -2.11. The Hall–Kier alpha value is -3.41. The molecule has 6 heteroatoms. The highest BCUT2D eigenvalue weighted by Gasteiger charge is 2.20. The quantitative estimate of drug-likeness (QED) is 0.381. The molecule has 0 aliphatic rings. The minimum atomic E-state index is -0.967. The summed E-state index contributed by atoms with van der Waals surface area (Å²) in [6.07, 6.45) is 3.20. The van der Waals surface area contributed by atoms with Crippen LogP contribution in [0.15, 0.2) is 53.3 Å². The predicted octanol–water partition coefficient (Wildman–Crippen LogP) is 5.51. The number of carbonyl (C=O) groups excluding carboxylic acids is 1. The number of rotatable bonds is 11. The van der Waals surface area contributed by atoms with Crippen molar-refractivity contribution in [2.45, 2.75) is 60.0 Å². The second-order valence-corrected chi connectivity index (χ2v) is 9.63. The van der Waals surface area contributed by atoms with Crippen molar-refractivity contribution in [1.82, 2.24) is 9.13 Å². The molecule has 180 valence electrons. The largest absolute Gasteiger partial charge is 0.478 e. The Labute approximate surface area is 200 Å². The zero-order valence-corrected chi connectivity index (χ0v) is 20.5. The number of carbonyl (C=O) groups is 2. The molecule has 6 nitrogen and oxygen atoms in total. The molecule has 2 aromatic carbocycles. The van der Waals surface area contributed by atoms with E-state index in [0.29, 0.717) is 42.6 Å². The summed E-state index contributed by atoms with van der Waals surface area (Å²) >= 11 is 0. The Morgan fingerprint density at radius 1 is 0.941 bits per heavy atom. The van der Waals surface area contributed by atoms with Crippen LogP contribution in [0.2, 0.25) is 0 Å². The standard InChI is InChI=1S/C28H34N2O4/c1-19(2)9-14-25-26(18-31)29(16-15-20(3)4)28(34)30(25)17-21-10-12-22(13-11-21)23-7-5-6-8-24(23)27(32)33/h5-8,10-13,18-20H,9,14-17H2,1-4H3,(H,32,33). The summed E-state index contributed by atoms with van der Waals surface area (Å²) in [6.45, 7) is 9.36. The minimum Gasteiger partial charge on any atom is -0.478 e. The molecular weight excluding hydrogens is 428 g/mol. The van der Waals surface area contributed by atoms with Gasteiger partial charge in [-0.3, -0.25) is 13.9 Å². The summed E-state index contributed by atoms with van der Waals surface area (Å²) in [6, 6.07) is 14.5. The maximum Gasteiger partial charge on any atom is 0.336 e. The molecule has 0 bridgehead atoms. The second kappa shape index (κ2) is 11.1. The van der Waals surface area contributed by atoms with Crippen molar-refractivity contribution >= 4 is 12.3 Å². The average Bonchev–Trinajstić information content (AvgIpc) is 3.06. The molecule has 1 aromatic heterocycles. The van der Waals surface area contributed by atoms with Gasteiger partial charge in [0.2, 0.25) is 0 Å². The molecule has 34 heavy (non-hydrogen) atoms. The fourth-order valence-corrected chi connectivity index (χ4v) is 4.14. The van der Waals surface area contributed by atoms with Crippen LogP contribution in [0.1, 0.15) is 72.6 Å². The van der Waals surface area contributed by atoms with Gasteiger partial charge in [-0.25, -0.2) is 9.59 Å². The number of hydrogen-bond donors (Lipinski definition) is 1. The van der Waals surface area contributed by atoms with Gasteiger partial charge in [0.1, 0.15) is 5.69 Å². The molecule has 0 fully saturated rings. The van der Waals surface area contributed by atoms with Gasteiger partial charge in [-0.15, -0.1) is 0 Å². The van der Waals surface area contributed by atoms with Gasteiger partial charge < -0.3 is 5.11 Å². The summed E-state index contributed by atoms with van der Waals surface area (Å²) < 4.78 is 3.35. The van der Waals surface area contributed by atoms with Crippen molar-refractivity contribution in [3.63, 3.8) is 0 Å². The van der Waals surface area contributed by atoms with Crippen molar-refractivity contribution in [1.29, 1.82) is 0 Å². The molecule has 0 aliphatic heterocycles. The van der Waals surface area contributed by atoms with E-state index in [-0.39, 0.29) is 11.3 Å². The highest BCUT2D eigenvalue weighted by atomic mass is 16.4. The topological polar surface area (TPSA) is 81.3 Å². The third-order valence-electron chi connectivity index (χ3n) is 6.14. The van der Waals surface area contributed by atoms with Crippen LogP contribution < -0.4 is 5.69 Å². The van der Waals surface area contributed by atoms with Gasteiger partial charge in [-0.05, 0) is 53.9 Å². The molecule has 1 heterocycles. The van der Waals surface area contributed by atoms with Gasteiger partial charge in [0.25, 0.3) is 0 Å². The third-order valence-corrected chi connectivity index (χ3v) is 6.14. The van der Waals surface area contributed by atoms with E-state index in [1.807, 2.05) is 30.3 Å². The van der Waals surface area contributed by atoms with Crippen LogP contribution >= 0.6 is 0 Å². The van der Waals surface area contributed by atoms with Crippen LogP contribution in [0.4, 0.5) is 0 Å². The smallest absolute Gasteiger partial charge is 0.336 e. The first-order chi connectivity index (χ1) is 16.2. The fourth-order valence-electron chi connectivity index (χ4n) is 4.14. The predicted molar refractivity (Wildman–Crippen MR) is 135 cm³/mol. The van der Waals surface area contributed by atoms with Gasteiger partial charge >= 0.3 is 11.7 Å². The number of aromatic nitrogens is 2. The molecule has 0 saturated carbocycles. The molecule has 3 rings (SSSR count). The fraction of sp³-hybridized carbons (Fsp3) is 0.393. The highest BCUT2D eigenvalue weighted by Crippen LogP contribution is 2.25. The molecule has 3 aromatic rings. The molecule has 0 atom stereocenters. The number of hydrogen-bond acceptors (Lipinski definition) is 3. The molecule has 0 radical (unpaired) electrons. The molecule has 0 aliphatic carbocycles. The lowest BCUT2D eigenvalue weighted by molar-refractivity contribution is 0.0697. The number of imidazole rings is 1. The van der Waals surface area contributed by atoms with E-state index in [1.165, 1.54) is 0 Å². The van der Waals surface area contributed by atoms with Gasteiger partial charge in [0, 0.05) is 6.54 Å². The van der Waals surface area contributed by atoms with E-state index in [2.05, 4.69) is 27.7 Å². The van der Waals surface area contributed by atoms with Crippen molar-refractivity contribution < 1.29 is 14.7 Å². The number of carboxylic acids is 1. The monoisotopic (exact) mass is 462 g/mol. The molecule has 1 N–H and O–H groups in total. The number of aldehydes is 1. The van der Waals surface area contributed by atoms with E-state index >= 15 is 0 Å². The van der Waals surface area contributed by atoms with Gasteiger partial charge in [0.15, 0.2) is 6.29 Å². The van der Waals surface area contributed by atoms with E-state index < -0.39 is 5.97 Å². The van der Waals surface area contributed by atoms with Crippen molar-refractivity contribution in [2.24, 2.45) is 11.8 Å². The van der Waals surface area contributed by atoms with Crippen LogP contribution in [0.5, 0.6) is 0 Å². The second-order valence-electron chi connectivity index (χ2n) is 9.63. The normalized spacial score (nSPS) is 11.4. The summed E-state index contributed by atoms with van der Waals surface area (Å²) in [5, 5.41) is 9.49. The number of carboxylic acid groups (broad SMARTS) is 1. The zero-order valence-electron chi connectivity index (χ0n) is 20.5. The van der Waals surface area contributed by atoms with Crippen LogP contribution in [0.3, 0.4) is 0 Å². The van der Waals surface area contributed by atoms with E-state index in [4.69, 9.17) is 0 Å². The summed E-state index contributed by atoms with van der Waals surface area (Å²) in [5.41, 5.74) is 3.75. The Kier molecular flexibility index (Phi) is 8.26. The van der Waals surface area contributed by atoms with Crippen LogP contribution in [0, 0.1) is 11.8 Å². The lowest BCUT2D eigenvalue weighted by atomic mass is 9.98. The summed E-state index contributed by atoms with van der Waals surface area (Å²) in [4.78, 5) is 36.9. The van der Waals surface area contributed by atoms with E-state index in [1.54, 1.807) is 27.3 Å². The Bertz CT molecular complexity index is 1200. The lowest BCUT2D eigenvalue weighted by Crippen LogP contribution is -2.26. The Morgan fingerprint density at radius 2 is 1.59 bits per heavy atom. The highest BCUT2D eigenvalue weighted by molar-refractivity contribution is 5.96. The average molecular weight is 463 g/mol. The SMILES string of the molecule is CC(C)CCc1c(C=O)n(CCC(C)C)c(=O)n1Cc1ccc(-c2ccccc2C(=O)O)cc1. The third kappa shape index (κ3) is 5.74. The minimum absolute atomic E-state index is 0.151. The first kappa shape index (κ1) is 25.2. The first-order valence-electron chi connectivity index (χ1n) is 11.9. The van der Waals surface area contributed by atoms with Crippen molar-refractivity contribution in [2.75, 3.05) is 0 Å². The maximum atomic E-state index is 13.3. The van der Waals surface area contributed by atoms with Gasteiger partial charge in [-0.1, -0.05) is 70.2 Å². The molecular formula is C28H34N2O4. The van der Waals surface area contributed by atoms with Crippen LogP contribution in [-0.4, -0.2) is 26.5 Å². The first-order valence-corrected chi connectivity index (χ1v) is 11.9. The maximum absolute atomic E-state index is 13.3. The molecule has 0 spiro atoms. The number of benzene rings is 2. The Morgan fingerprint density at radius 3 is 2.18 bits per heavy atom. The van der Waals surface area contributed by atoms with E-state index in [9.17, 15) is 19.5 Å². The van der Waals surface area contributed by atoms with E-state index in [0.717, 1.165) is 35.9 Å². The number of aromatic carboxylic acids is 1. The van der Waals surface area contributed by atoms with Crippen molar-refractivity contribution in [3.05, 3.63) is 81.5 Å². The summed E-state index contributed by atoms with van der Waals surface area (Å²) in [7, 11) is 0. The van der Waals surface area contributed by atoms with Crippen LogP contribution in [0.25, 0.3) is 11.1 Å². The summed E-state index contributed by atoms with van der Waals surface area (Å²) in [5.74, 6) is -0.0871. The van der Waals surface area contributed by atoms with Gasteiger partial charge in [-0.2, -0.15) is 0 Å². The molecule has 0 amide bonds. The number of nitrogens with zero attached hydrogens (tertiary/aromatic N) is 2. The molecule has 0 saturated heterocycles. The molecule has 0 unspecified atom stereocenters. The van der Waals surface area contributed by atoms with Crippen LogP contribution in [-0.2, 0) is 19.5 Å².